The van der Waals surface area contributed by atoms with Crippen LogP contribution in [0.3, 0.4) is 0 Å². The molecule has 1 aliphatic heterocycles. The second kappa shape index (κ2) is 3.89. The van der Waals surface area contributed by atoms with Crippen molar-refractivity contribution in [2.75, 3.05) is 0 Å². The molecule has 0 aromatic carbocycles. The SMILES string of the molecule is CC(C)C(=O)CCC1CCC2(C)OC2C1. The summed E-state index contributed by atoms with van der Waals surface area (Å²) < 4.78 is 5.66. The summed E-state index contributed by atoms with van der Waals surface area (Å²) in [6.07, 6.45) is 5.97. The smallest absolute Gasteiger partial charge is 0.135 e. The number of hydrogen-bond donors (Lipinski definition) is 0. The minimum Gasteiger partial charge on any atom is -0.366 e. The maximum atomic E-state index is 11.5. The van der Waals surface area contributed by atoms with Gasteiger partial charge in [0.1, 0.15) is 5.78 Å². The van der Waals surface area contributed by atoms with E-state index in [0.717, 1.165) is 18.8 Å². The van der Waals surface area contributed by atoms with Gasteiger partial charge in [-0.3, -0.25) is 4.79 Å². The zero-order valence-corrected chi connectivity index (χ0v) is 10.1. The summed E-state index contributed by atoms with van der Waals surface area (Å²) in [6, 6.07) is 0. The maximum absolute atomic E-state index is 11.5. The lowest BCUT2D eigenvalue weighted by Crippen LogP contribution is -2.22. The average molecular weight is 210 g/mol. The third kappa shape index (κ3) is 2.41. The molecule has 3 atom stereocenters. The van der Waals surface area contributed by atoms with Gasteiger partial charge in [0.05, 0.1) is 11.7 Å². The Labute approximate surface area is 92.4 Å². The first kappa shape index (κ1) is 11.1. The Balaban J connectivity index is 1.71. The van der Waals surface area contributed by atoms with Gasteiger partial charge in [-0.2, -0.15) is 0 Å². The number of carbonyl (C=O) groups excluding carboxylic acids is 1. The first-order valence-corrected chi connectivity index (χ1v) is 6.22. The quantitative estimate of drug-likeness (QED) is 0.668. The maximum Gasteiger partial charge on any atom is 0.135 e. The molecule has 86 valence electrons. The number of hydrogen-bond acceptors (Lipinski definition) is 2. The number of epoxide rings is 1. The van der Waals surface area contributed by atoms with Crippen LogP contribution in [-0.4, -0.2) is 17.5 Å². The molecule has 0 amide bonds. The highest BCUT2D eigenvalue weighted by Crippen LogP contribution is 2.50. The van der Waals surface area contributed by atoms with Crippen molar-refractivity contribution in [2.45, 2.75) is 64.6 Å². The van der Waals surface area contributed by atoms with Gasteiger partial charge in [0, 0.05) is 12.3 Å². The molecule has 2 nitrogen and oxygen atoms in total. The molecule has 1 heterocycles. The first-order valence-electron chi connectivity index (χ1n) is 6.22. The Hall–Kier alpha value is -0.370. The van der Waals surface area contributed by atoms with Crippen LogP contribution in [0.4, 0.5) is 0 Å². The number of ketones is 1. The highest BCUT2D eigenvalue weighted by atomic mass is 16.6. The molecule has 2 aliphatic rings. The highest BCUT2D eigenvalue weighted by molar-refractivity contribution is 5.80. The fraction of sp³-hybridized carbons (Fsp3) is 0.923. The molecule has 0 N–H and O–H groups in total. The van der Waals surface area contributed by atoms with Crippen LogP contribution in [-0.2, 0) is 9.53 Å². The van der Waals surface area contributed by atoms with Crippen molar-refractivity contribution >= 4 is 5.78 Å². The lowest BCUT2D eigenvalue weighted by atomic mass is 9.80. The monoisotopic (exact) mass is 210 g/mol. The van der Waals surface area contributed by atoms with E-state index < -0.39 is 0 Å². The van der Waals surface area contributed by atoms with Crippen molar-refractivity contribution in [2.24, 2.45) is 11.8 Å². The Morgan fingerprint density at radius 1 is 1.53 bits per heavy atom. The van der Waals surface area contributed by atoms with E-state index in [1.165, 1.54) is 19.3 Å². The minimum absolute atomic E-state index is 0.205. The molecule has 2 heteroatoms. The number of rotatable bonds is 4. The second-order valence-electron chi connectivity index (χ2n) is 5.72. The number of fused-ring (bicyclic) bond motifs is 1. The first-order chi connectivity index (χ1) is 7.01. The van der Waals surface area contributed by atoms with Crippen LogP contribution >= 0.6 is 0 Å². The van der Waals surface area contributed by atoms with E-state index in [1.807, 2.05) is 13.8 Å². The standard InChI is InChI=1S/C13H22O2/c1-9(2)11(14)5-4-10-6-7-13(3)12(8-10)15-13/h9-10,12H,4-8H2,1-3H3. The van der Waals surface area contributed by atoms with Gasteiger partial charge >= 0.3 is 0 Å². The second-order valence-corrected chi connectivity index (χ2v) is 5.72. The van der Waals surface area contributed by atoms with Crippen LogP contribution in [0.5, 0.6) is 0 Å². The Kier molecular flexibility index (Phi) is 2.89. The fourth-order valence-corrected chi connectivity index (χ4v) is 2.62. The predicted octanol–water partition coefficient (Wildman–Crippen LogP) is 2.95. The van der Waals surface area contributed by atoms with Gasteiger partial charge in [-0.15, -0.1) is 0 Å². The summed E-state index contributed by atoms with van der Waals surface area (Å²) in [6.45, 7) is 6.20. The summed E-state index contributed by atoms with van der Waals surface area (Å²) >= 11 is 0. The van der Waals surface area contributed by atoms with Crippen molar-refractivity contribution in [3.8, 4) is 0 Å². The van der Waals surface area contributed by atoms with Gasteiger partial charge < -0.3 is 4.74 Å². The van der Waals surface area contributed by atoms with E-state index in [0.29, 0.717) is 11.9 Å². The average Bonchev–Trinajstić information content (AvgIpc) is 2.85. The van der Waals surface area contributed by atoms with Gasteiger partial charge in [0.25, 0.3) is 0 Å². The van der Waals surface area contributed by atoms with Crippen LogP contribution in [0.2, 0.25) is 0 Å². The molecule has 2 fully saturated rings. The molecule has 3 unspecified atom stereocenters. The molecular weight excluding hydrogens is 188 g/mol. The van der Waals surface area contributed by atoms with Crippen molar-refractivity contribution in [1.29, 1.82) is 0 Å². The van der Waals surface area contributed by atoms with Gasteiger partial charge in [-0.1, -0.05) is 13.8 Å². The van der Waals surface area contributed by atoms with Crippen LogP contribution < -0.4 is 0 Å². The highest BCUT2D eigenvalue weighted by Gasteiger charge is 2.54. The van der Waals surface area contributed by atoms with Crippen molar-refractivity contribution in [1.82, 2.24) is 0 Å². The van der Waals surface area contributed by atoms with Gasteiger partial charge in [-0.05, 0) is 38.5 Å². The topological polar surface area (TPSA) is 29.6 Å². The van der Waals surface area contributed by atoms with Gasteiger partial charge in [0.2, 0.25) is 0 Å². The minimum atomic E-state index is 0.205. The summed E-state index contributed by atoms with van der Waals surface area (Å²) in [5.41, 5.74) is 0.221. The summed E-state index contributed by atoms with van der Waals surface area (Å²) in [5, 5.41) is 0. The van der Waals surface area contributed by atoms with E-state index in [4.69, 9.17) is 4.74 Å². The molecule has 1 saturated heterocycles. The van der Waals surface area contributed by atoms with Crippen LogP contribution in [0, 0.1) is 11.8 Å². The molecule has 1 aliphatic carbocycles. The van der Waals surface area contributed by atoms with Crippen molar-refractivity contribution in [3.05, 3.63) is 0 Å². The van der Waals surface area contributed by atoms with E-state index in [-0.39, 0.29) is 11.5 Å². The number of ether oxygens (including phenoxy) is 1. The third-order valence-corrected chi connectivity index (χ3v) is 4.07. The van der Waals surface area contributed by atoms with E-state index in [9.17, 15) is 4.79 Å². The molecule has 0 aromatic rings. The Bertz CT molecular complexity index is 259. The fourth-order valence-electron chi connectivity index (χ4n) is 2.62. The molecule has 1 saturated carbocycles. The Morgan fingerprint density at radius 2 is 2.27 bits per heavy atom. The molecule has 0 aromatic heterocycles. The molecule has 15 heavy (non-hydrogen) atoms. The molecule has 0 radical (unpaired) electrons. The molecule has 0 bridgehead atoms. The molecular formula is C13H22O2. The molecule has 0 spiro atoms. The molecule has 2 rings (SSSR count). The third-order valence-electron chi connectivity index (χ3n) is 4.07. The van der Waals surface area contributed by atoms with Crippen molar-refractivity contribution in [3.63, 3.8) is 0 Å². The zero-order chi connectivity index (χ0) is 11.1. The van der Waals surface area contributed by atoms with E-state index in [1.54, 1.807) is 0 Å². The summed E-state index contributed by atoms with van der Waals surface area (Å²) in [5.74, 6) is 1.35. The van der Waals surface area contributed by atoms with Crippen LogP contribution in [0.1, 0.15) is 52.9 Å². The number of carbonyl (C=O) groups is 1. The van der Waals surface area contributed by atoms with E-state index >= 15 is 0 Å². The lowest BCUT2D eigenvalue weighted by molar-refractivity contribution is -0.122. The van der Waals surface area contributed by atoms with Crippen molar-refractivity contribution < 1.29 is 9.53 Å². The van der Waals surface area contributed by atoms with Gasteiger partial charge in [-0.25, -0.2) is 0 Å². The number of Topliss-reactive ketones (excluding diaryl/α,β-unsaturated/α-hetero) is 1. The predicted molar refractivity (Wildman–Crippen MR) is 59.7 cm³/mol. The van der Waals surface area contributed by atoms with Gasteiger partial charge in [0.15, 0.2) is 0 Å². The van der Waals surface area contributed by atoms with E-state index in [2.05, 4.69) is 6.92 Å². The summed E-state index contributed by atoms with van der Waals surface area (Å²) in [4.78, 5) is 11.5. The lowest BCUT2D eigenvalue weighted by Gasteiger charge is -2.22. The normalized spacial score (nSPS) is 38.9. The Morgan fingerprint density at radius 3 is 2.87 bits per heavy atom. The van der Waals surface area contributed by atoms with Crippen LogP contribution in [0.15, 0.2) is 0 Å². The van der Waals surface area contributed by atoms with Crippen LogP contribution in [0.25, 0.3) is 0 Å². The largest absolute Gasteiger partial charge is 0.366 e. The summed E-state index contributed by atoms with van der Waals surface area (Å²) in [7, 11) is 0. The zero-order valence-electron chi connectivity index (χ0n) is 10.1.